The summed E-state index contributed by atoms with van der Waals surface area (Å²) in [5, 5.41) is 3.83. The molecule has 1 amide bonds. The fraction of sp³-hybridized carbons (Fsp3) is 0.786. The zero-order valence-electron chi connectivity index (χ0n) is 12.2. The van der Waals surface area contributed by atoms with Crippen LogP contribution >= 0.6 is 0 Å². The molecule has 1 atom stereocenters. The van der Waals surface area contributed by atoms with Crippen molar-refractivity contribution in [1.29, 1.82) is 0 Å². The molecule has 1 aliphatic heterocycles. The van der Waals surface area contributed by atoms with E-state index in [4.69, 9.17) is 4.52 Å². The summed E-state index contributed by atoms with van der Waals surface area (Å²) >= 11 is 0. The van der Waals surface area contributed by atoms with Gasteiger partial charge in [-0.15, -0.1) is 0 Å². The van der Waals surface area contributed by atoms with Crippen LogP contribution < -0.4 is 0 Å². The fourth-order valence-corrected chi connectivity index (χ4v) is 2.40. The molecule has 19 heavy (non-hydrogen) atoms. The van der Waals surface area contributed by atoms with Crippen LogP contribution in [0.25, 0.3) is 0 Å². The highest BCUT2D eigenvalue weighted by Crippen LogP contribution is 2.28. The van der Waals surface area contributed by atoms with E-state index in [0.29, 0.717) is 17.7 Å². The molecule has 1 aromatic rings. The molecule has 0 aliphatic carbocycles. The third kappa shape index (κ3) is 3.14. The first-order valence-electron chi connectivity index (χ1n) is 7.08. The van der Waals surface area contributed by atoms with E-state index in [1.807, 2.05) is 18.7 Å². The second kappa shape index (κ2) is 5.72. The van der Waals surface area contributed by atoms with Crippen LogP contribution in [0.4, 0.5) is 0 Å². The molecule has 0 bridgehead atoms. The van der Waals surface area contributed by atoms with Gasteiger partial charge in [0.2, 0.25) is 11.8 Å². The lowest BCUT2D eigenvalue weighted by Crippen LogP contribution is -2.41. The number of amides is 1. The van der Waals surface area contributed by atoms with Gasteiger partial charge >= 0.3 is 0 Å². The molecule has 0 spiro atoms. The third-order valence-corrected chi connectivity index (χ3v) is 4.09. The van der Waals surface area contributed by atoms with Gasteiger partial charge < -0.3 is 9.42 Å². The van der Waals surface area contributed by atoms with Gasteiger partial charge in [0.25, 0.3) is 0 Å². The average molecular weight is 265 g/mol. The Morgan fingerprint density at radius 3 is 2.42 bits per heavy atom. The predicted molar refractivity (Wildman–Crippen MR) is 71.6 cm³/mol. The second-order valence-corrected chi connectivity index (χ2v) is 5.81. The zero-order chi connectivity index (χ0) is 14.0. The maximum absolute atomic E-state index is 12.3. The zero-order valence-corrected chi connectivity index (χ0v) is 12.2. The normalized spacial score (nSPS) is 18.9. The van der Waals surface area contributed by atoms with Crippen molar-refractivity contribution in [3.05, 3.63) is 11.7 Å². The van der Waals surface area contributed by atoms with Gasteiger partial charge in [-0.1, -0.05) is 25.9 Å². The van der Waals surface area contributed by atoms with Gasteiger partial charge in [-0.05, 0) is 25.7 Å². The summed E-state index contributed by atoms with van der Waals surface area (Å²) < 4.78 is 5.22. The average Bonchev–Trinajstić information content (AvgIpc) is 2.84. The molecule has 1 aromatic heterocycles. The smallest absolute Gasteiger partial charge is 0.229 e. The molecule has 0 saturated carbocycles. The minimum Gasteiger partial charge on any atom is -0.342 e. The lowest BCUT2D eigenvalue weighted by molar-refractivity contribution is -0.137. The molecule has 1 saturated heterocycles. The van der Waals surface area contributed by atoms with E-state index in [2.05, 4.69) is 24.0 Å². The molecular formula is C14H23N3O2. The molecule has 1 fully saturated rings. The standard InChI is InChI=1S/C14H23N3O2/c1-9(2)10(3)14(18)17-7-5-12(6-8-17)13-15-11(4)16-19-13/h9-10,12H,5-8H2,1-4H3. The number of hydrogen-bond acceptors (Lipinski definition) is 4. The van der Waals surface area contributed by atoms with E-state index in [1.165, 1.54) is 0 Å². The summed E-state index contributed by atoms with van der Waals surface area (Å²) in [6, 6.07) is 0. The minimum absolute atomic E-state index is 0.0993. The Morgan fingerprint density at radius 1 is 1.32 bits per heavy atom. The SMILES string of the molecule is Cc1noc(C2CCN(C(=O)C(C)C(C)C)CC2)n1. The highest BCUT2D eigenvalue weighted by Gasteiger charge is 2.29. The van der Waals surface area contributed by atoms with Gasteiger partial charge in [0.15, 0.2) is 5.82 Å². The molecule has 1 unspecified atom stereocenters. The highest BCUT2D eigenvalue weighted by atomic mass is 16.5. The summed E-state index contributed by atoms with van der Waals surface area (Å²) in [5.74, 6) is 2.48. The van der Waals surface area contributed by atoms with Crippen molar-refractivity contribution in [1.82, 2.24) is 15.0 Å². The summed E-state index contributed by atoms with van der Waals surface area (Å²) in [6.45, 7) is 9.62. The predicted octanol–water partition coefficient (Wildman–Crippen LogP) is 2.38. The minimum atomic E-state index is 0.0993. The number of piperidine rings is 1. The van der Waals surface area contributed by atoms with Gasteiger partial charge in [0.1, 0.15) is 0 Å². The number of aryl methyl sites for hydroxylation is 1. The number of hydrogen-bond donors (Lipinski definition) is 0. The van der Waals surface area contributed by atoms with E-state index < -0.39 is 0 Å². The Balaban J connectivity index is 1.90. The Morgan fingerprint density at radius 2 is 1.95 bits per heavy atom. The highest BCUT2D eigenvalue weighted by molar-refractivity contribution is 5.78. The first-order chi connectivity index (χ1) is 8.99. The number of rotatable bonds is 3. The maximum atomic E-state index is 12.3. The lowest BCUT2D eigenvalue weighted by Gasteiger charge is -2.33. The number of aromatic nitrogens is 2. The molecule has 2 rings (SSSR count). The van der Waals surface area contributed by atoms with Gasteiger partial charge in [-0.2, -0.15) is 4.98 Å². The van der Waals surface area contributed by atoms with Crippen molar-refractivity contribution in [2.45, 2.75) is 46.5 Å². The largest absolute Gasteiger partial charge is 0.342 e. The van der Waals surface area contributed by atoms with Crippen LogP contribution in [-0.4, -0.2) is 34.0 Å². The van der Waals surface area contributed by atoms with Crippen molar-refractivity contribution in [3.8, 4) is 0 Å². The van der Waals surface area contributed by atoms with Crippen LogP contribution in [0.5, 0.6) is 0 Å². The van der Waals surface area contributed by atoms with Gasteiger partial charge in [0.05, 0.1) is 0 Å². The first-order valence-corrected chi connectivity index (χ1v) is 7.08. The van der Waals surface area contributed by atoms with Crippen molar-refractivity contribution in [3.63, 3.8) is 0 Å². The van der Waals surface area contributed by atoms with Crippen LogP contribution in [-0.2, 0) is 4.79 Å². The molecular weight excluding hydrogens is 242 g/mol. The summed E-state index contributed by atoms with van der Waals surface area (Å²) in [5.41, 5.74) is 0. The Bertz CT molecular complexity index is 434. The van der Waals surface area contributed by atoms with E-state index in [1.54, 1.807) is 0 Å². The molecule has 0 radical (unpaired) electrons. The quantitative estimate of drug-likeness (QED) is 0.842. The van der Waals surface area contributed by atoms with Crippen LogP contribution in [0, 0.1) is 18.8 Å². The number of carbonyl (C=O) groups is 1. The number of carbonyl (C=O) groups excluding carboxylic acids is 1. The summed E-state index contributed by atoms with van der Waals surface area (Å²) in [4.78, 5) is 18.5. The summed E-state index contributed by atoms with van der Waals surface area (Å²) in [6.07, 6.45) is 1.83. The van der Waals surface area contributed by atoms with Gasteiger partial charge in [-0.25, -0.2) is 0 Å². The Hall–Kier alpha value is -1.39. The molecule has 0 aromatic carbocycles. The van der Waals surface area contributed by atoms with E-state index in [9.17, 15) is 4.79 Å². The molecule has 106 valence electrons. The number of likely N-dealkylation sites (tertiary alicyclic amines) is 1. The lowest BCUT2D eigenvalue weighted by atomic mass is 9.92. The van der Waals surface area contributed by atoms with Gasteiger partial charge in [0, 0.05) is 24.9 Å². The summed E-state index contributed by atoms with van der Waals surface area (Å²) in [7, 11) is 0. The molecule has 0 N–H and O–H groups in total. The van der Waals surface area contributed by atoms with Crippen molar-refractivity contribution in [2.75, 3.05) is 13.1 Å². The molecule has 5 heteroatoms. The van der Waals surface area contributed by atoms with Crippen LogP contribution in [0.2, 0.25) is 0 Å². The van der Waals surface area contributed by atoms with Crippen LogP contribution in [0.15, 0.2) is 4.52 Å². The molecule has 1 aliphatic rings. The maximum Gasteiger partial charge on any atom is 0.229 e. The Kier molecular flexibility index (Phi) is 4.22. The fourth-order valence-electron chi connectivity index (χ4n) is 2.40. The third-order valence-electron chi connectivity index (χ3n) is 4.09. The van der Waals surface area contributed by atoms with E-state index >= 15 is 0 Å². The van der Waals surface area contributed by atoms with Crippen molar-refractivity contribution < 1.29 is 9.32 Å². The second-order valence-electron chi connectivity index (χ2n) is 5.81. The van der Waals surface area contributed by atoms with Crippen molar-refractivity contribution in [2.24, 2.45) is 11.8 Å². The number of nitrogens with zero attached hydrogens (tertiary/aromatic N) is 3. The van der Waals surface area contributed by atoms with Crippen molar-refractivity contribution >= 4 is 5.91 Å². The topological polar surface area (TPSA) is 59.2 Å². The van der Waals surface area contributed by atoms with E-state index in [0.717, 1.165) is 31.8 Å². The van der Waals surface area contributed by atoms with Crippen LogP contribution in [0.1, 0.15) is 51.2 Å². The van der Waals surface area contributed by atoms with Crippen LogP contribution in [0.3, 0.4) is 0 Å². The monoisotopic (exact) mass is 265 g/mol. The molecule has 2 heterocycles. The van der Waals surface area contributed by atoms with Gasteiger partial charge in [-0.3, -0.25) is 4.79 Å². The Labute approximate surface area is 114 Å². The first kappa shape index (κ1) is 14.0. The van der Waals surface area contributed by atoms with E-state index in [-0.39, 0.29) is 11.8 Å². The molecule has 5 nitrogen and oxygen atoms in total.